The molecule has 0 radical (unpaired) electrons. The fourth-order valence-electron chi connectivity index (χ4n) is 1.38. The van der Waals surface area contributed by atoms with Crippen molar-refractivity contribution in [3.63, 3.8) is 0 Å². The quantitative estimate of drug-likeness (QED) is 0.640. The minimum Gasteiger partial charge on any atom is -0.397 e. The van der Waals surface area contributed by atoms with Crippen LogP contribution < -0.4 is 5.73 Å². The van der Waals surface area contributed by atoms with E-state index >= 15 is 0 Å². The third-order valence-electron chi connectivity index (χ3n) is 2.32. The van der Waals surface area contributed by atoms with Crippen molar-refractivity contribution in [1.29, 1.82) is 0 Å². The molecule has 0 aliphatic heterocycles. The summed E-state index contributed by atoms with van der Waals surface area (Å²) in [6.45, 7) is 1.22. The minimum atomic E-state index is -0.164. The van der Waals surface area contributed by atoms with Crippen molar-refractivity contribution in [2.45, 2.75) is 6.42 Å². The highest BCUT2D eigenvalue weighted by atomic mass is 35.5. The molecule has 1 aromatic rings. The first-order valence-electron chi connectivity index (χ1n) is 5.21. The van der Waals surface area contributed by atoms with E-state index in [9.17, 15) is 4.79 Å². The normalized spacial score (nSPS) is 10.3. The van der Waals surface area contributed by atoms with Crippen LogP contribution in [0.2, 0.25) is 5.15 Å². The van der Waals surface area contributed by atoms with E-state index in [0.29, 0.717) is 24.4 Å². The number of carbonyl (C=O) groups is 1. The van der Waals surface area contributed by atoms with E-state index in [1.54, 1.807) is 19.1 Å². The molecule has 1 heterocycles. The number of halogens is 1. The molecule has 17 heavy (non-hydrogen) atoms. The van der Waals surface area contributed by atoms with Gasteiger partial charge in [-0.3, -0.25) is 4.79 Å². The molecule has 1 amide bonds. The number of carbonyl (C=O) groups excluding carboxylic acids is 1. The molecule has 5 nitrogen and oxygen atoms in total. The van der Waals surface area contributed by atoms with Crippen LogP contribution in [0.3, 0.4) is 0 Å². The number of aromatic nitrogens is 1. The number of nitrogens with two attached hydrogens (primary N) is 1. The summed E-state index contributed by atoms with van der Waals surface area (Å²) in [4.78, 5) is 17.4. The van der Waals surface area contributed by atoms with E-state index in [1.807, 2.05) is 0 Å². The second-order valence-electron chi connectivity index (χ2n) is 3.67. The standard InChI is InChI=1S/C11H16ClN3O2/c1-15(4-3-5-17-2)11(16)8-6-10(12)14-7-9(8)13/h6-7H,3-5,13H2,1-2H3. The van der Waals surface area contributed by atoms with Gasteiger partial charge >= 0.3 is 0 Å². The van der Waals surface area contributed by atoms with Crippen LogP contribution in [0.4, 0.5) is 5.69 Å². The second kappa shape index (κ2) is 6.42. The molecular weight excluding hydrogens is 242 g/mol. The zero-order valence-electron chi connectivity index (χ0n) is 9.94. The third kappa shape index (κ3) is 3.87. The summed E-state index contributed by atoms with van der Waals surface area (Å²) in [6.07, 6.45) is 2.16. The smallest absolute Gasteiger partial charge is 0.255 e. The first-order valence-corrected chi connectivity index (χ1v) is 5.59. The number of nitrogen functional groups attached to an aromatic ring is 1. The molecule has 0 spiro atoms. The molecule has 6 heteroatoms. The van der Waals surface area contributed by atoms with Gasteiger partial charge in [0.25, 0.3) is 5.91 Å². The van der Waals surface area contributed by atoms with Gasteiger partial charge < -0.3 is 15.4 Å². The highest BCUT2D eigenvalue weighted by Crippen LogP contribution is 2.16. The van der Waals surface area contributed by atoms with Crippen LogP contribution in [-0.2, 0) is 4.74 Å². The van der Waals surface area contributed by atoms with Crippen molar-refractivity contribution >= 4 is 23.2 Å². The molecule has 2 N–H and O–H groups in total. The summed E-state index contributed by atoms with van der Waals surface area (Å²) in [5, 5.41) is 0.257. The summed E-state index contributed by atoms with van der Waals surface area (Å²) >= 11 is 5.73. The van der Waals surface area contributed by atoms with E-state index in [2.05, 4.69) is 4.98 Å². The molecule has 1 rings (SSSR count). The maximum Gasteiger partial charge on any atom is 0.255 e. The first-order chi connectivity index (χ1) is 8.06. The van der Waals surface area contributed by atoms with Crippen molar-refractivity contribution in [3.05, 3.63) is 23.0 Å². The number of anilines is 1. The van der Waals surface area contributed by atoms with Crippen LogP contribution in [0.25, 0.3) is 0 Å². The Balaban J connectivity index is 2.71. The average Bonchev–Trinajstić information content (AvgIpc) is 2.31. The Morgan fingerprint density at radius 1 is 1.65 bits per heavy atom. The largest absolute Gasteiger partial charge is 0.397 e. The third-order valence-corrected chi connectivity index (χ3v) is 2.53. The van der Waals surface area contributed by atoms with Crippen molar-refractivity contribution in [2.75, 3.05) is 33.0 Å². The van der Waals surface area contributed by atoms with Crippen LogP contribution in [0, 0.1) is 0 Å². The Morgan fingerprint density at radius 2 is 2.35 bits per heavy atom. The monoisotopic (exact) mass is 257 g/mol. The molecule has 0 aromatic carbocycles. The lowest BCUT2D eigenvalue weighted by Gasteiger charge is -2.17. The van der Waals surface area contributed by atoms with Crippen LogP contribution in [0.15, 0.2) is 12.3 Å². The minimum absolute atomic E-state index is 0.164. The van der Waals surface area contributed by atoms with Gasteiger partial charge in [0.15, 0.2) is 0 Å². The van der Waals surface area contributed by atoms with Crippen molar-refractivity contribution < 1.29 is 9.53 Å². The predicted molar refractivity (Wildman–Crippen MR) is 67.1 cm³/mol. The summed E-state index contributed by atoms with van der Waals surface area (Å²) < 4.78 is 4.93. The lowest BCUT2D eigenvalue weighted by Crippen LogP contribution is -2.29. The van der Waals surface area contributed by atoms with Gasteiger partial charge in [0.1, 0.15) is 5.15 Å². The van der Waals surface area contributed by atoms with Gasteiger partial charge in [-0.05, 0) is 12.5 Å². The van der Waals surface area contributed by atoms with E-state index in [1.165, 1.54) is 12.3 Å². The lowest BCUT2D eigenvalue weighted by atomic mass is 10.2. The molecule has 0 saturated heterocycles. The number of rotatable bonds is 5. The topological polar surface area (TPSA) is 68.5 Å². The Kier molecular flexibility index (Phi) is 5.18. The zero-order chi connectivity index (χ0) is 12.8. The van der Waals surface area contributed by atoms with Gasteiger partial charge in [0.05, 0.1) is 17.4 Å². The maximum atomic E-state index is 12.0. The number of pyridine rings is 1. The molecule has 0 aliphatic rings. The molecule has 1 aromatic heterocycles. The molecular formula is C11H16ClN3O2. The summed E-state index contributed by atoms with van der Waals surface area (Å²) in [5.74, 6) is -0.164. The van der Waals surface area contributed by atoms with E-state index in [4.69, 9.17) is 22.1 Å². The number of amides is 1. The van der Waals surface area contributed by atoms with Crippen LogP contribution in [-0.4, -0.2) is 43.1 Å². The van der Waals surface area contributed by atoms with Gasteiger partial charge in [0.2, 0.25) is 0 Å². The van der Waals surface area contributed by atoms with Gasteiger partial charge in [-0.15, -0.1) is 0 Å². The molecule has 94 valence electrons. The van der Waals surface area contributed by atoms with Crippen molar-refractivity contribution in [1.82, 2.24) is 9.88 Å². The SMILES string of the molecule is COCCCN(C)C(=O)c1cc(Cl)ncc1N. The number of nitrogens with zero attached hydrogens (tertiary/aromatic N) is 2. The molecule has 0 unspecified atom stereocenters. The van der Waals surface area contributed by atoms with E-state index in [-0.39, 0.29) is 11.1 Å². The van der Waals surface area contributed by atoms with Crippen LogP contribution in [0.1, 0.15) is 16.8 Å². The van der Waals surface area contributed by atoms with E-state index < -0.39 is 0 Å². The van der Waals surface area contributed by atoms with E-state index in [0.717, 1.165) is 6.42 Å². The molecule has 0 saturated carbocycles. The molecule has 0 fully saturated rings. The van der Waals surface area contributed by atoms with Crippen molar-refractivity contribution in [2.24, 2.45) is 0 Å². The van der Waals surface area contributed by atoms with Crippen molar-refractivity contribution in [3.8, 4) is 0 Å². The average molecular weight is 258 g/mol. The number of ether oxygens (including phenoxy) is 1. The highest BCUT2D eigenvalue weighted by molar-refractivity contribution is 6.29. The van der Waals surface area contributed by atoms with Crippen LogP contribution >= 0.6 is 11.6 Å². The Morgan fingerprint density at radius 3 is 3.00 bits per heavy atom. The second-order valence-corrected chi connectivity index (χ2v) is 4.05. The predicted octanol–water partition coefficient (Wildman–Crippen LogP) is 1.43. The number of hydrogen-bond donors (Lipinski definition) is 1. The Labute approximate surface area is 106 Å². The molecule has 0 bridgehead atoms. The summed E-state index contributed by atoms with van der Waals surface area (Å²) in [5.41, 5.74) is 6.40. The Hall–Kier alpha value is -1.33. The van der Waals surface area contributed by atoms with Crippen LogP contribution in [0.5, 0.6) is 0 Å². The fraction of sp³-hybridized carbons (Fsp3) is 0.455. The number of methoxy groups -OCH3 is 1. The highest BCUT2D eigenvalue weighted by Gasteiger charge is 2.15. The zero-order valence-corrected chi connectivity index (χ0v) is 10.7. The van der Waals surface area contributed by atoms with Gasteiger partial charge in [0, 0.05) is 27.3 Å². The molecule has 0 aliphatic carbocycles. The maximum absolute atomic E-state index is 12.0. The van der Waals surface area contributed by atoms with Gasteiger partial charge in [-0.25, -0.2) is 4.98 Å². The molecule has 0 atom stereocenters. The fourth-order valence-corrected chi connectivity index (χ4v) is 1.54. The summed E-state index contributed by atoms with van der Waals surface area (Å²) in [7, 11) is 3.34. The first kappa shape index (κ1) is 13.7. The van der Waals surface area contributed by atoms with Gasteiger partial charge in [-0.2, -0.15) is 0 Å². The lowest BCUT2D eigenvalue weighted by molar-refractivity contribution is 0.0780. The van der Waals surface area contributed by atoms with Gasteiger partial charge in [-0.1, -0.05) is 11.6 Å². The Bertz CT molecular complexity index is 398. The summed E-state index contributed by atoms with van der Waals surface area (Å²) in [6, 6.07) is 1.48. The number of hydrogen-bond acceptors (Lipinski definition) is 4.